The highest BCUT2D eigenvalue weighted by Gasteiger charge is 2.10. The lowest BCUT2D eigenvalue weighted by Crippen LogP contribution is -2.08. The lowest BCUT2D eigenvalue weighted by molar-refractivity contribution is 0.730. The fraction of sp³-hybridized carbons (Fsp3) is 0.467. The van der Waals surface area contributed by atoms with Gasteiger partial charge in [0.05, 0.1) is 0 Å². The molecule has 3 nitrogen and oxygen atoms in total. The Morgan fingerprint density at radius 3 is 2.53 bits per heavy atom. The van der Waals surface area contributed by atoms with Gasteiger partial charge in [0.25, 0.3) is 0 Å². The molecule has 0 saturated heterocycles. The van der Waals surface area contributed by atoms with Gasteiger partial charge in [-0.25, -0.2) is 9.97 Å². The average molecular weight is 275 g/mol. The smallest absolute Gasteiger partial charge is 0.133 e. The Hall–Kier alpha value is -1.42. The first-order chi connectivity index (χ1) is 9.06. The van der Waals surface area contributed by atoms with Crippen molar-refractivity contribution in [1.29, 1.82) is 0 Å². The number of thiophene rings is 1. The molecule has 1 N–H and O–H groups in total. The normalized spacial score (nSPS) is 11.3. The van der Waals surface area contributed by atoms with Crippen LogP contribution in [0.3, 0.4) is 0 Å². The summed E-state index contributed by atoms with van der Waals surface area (Å²) in [5.41, 5.74) is 2.40. The number of hydrogen-bond acceptors (Lipinski definition) is 4. The fourth-order valence-corrected chi connectivity index (χ4v) is 2.38. The van der Waals surface area contributed by atoms with Crippen molar-refractivity contribution in [2.45, 2.75) is 46.1 Å². The summed E-state index contributed by atoms with van der Waals surface area (Å²) < 4.78 is 0. The summed E-state index contributed by atoms with van der Waals surface area (Å²) in [4.78, 5) is 9.22. The molecule has 0 aliphatic rings. The maximum atomic E-state index is 4.63. The number of hydrogen-bond donors (Lipinski definition) is 1. The van der Waals surface area contributed by atoms with Crippen molar-refractivity contribution in [2.75, 3.05) is 5.32 Å². The van der Waals surface area contributed by atoms with Gasteiger partial charge in [-0.3, -0.25) is 0 Å². The third-order valence-corrected chi connectivity index (χ3v) is 3.66. The van der Waals surface area contributed by atoms with Crippen molar-refractivity contribution in [1.82, 2.24) is 9.97 Å². The van der Waals surface area contributed by atoms with Gasteiger partial charge in [0.15, 0.2) is 0 Å². The van der Waals surface area contributed by atoms with Crippen molar-refractivity contribution in [3.05, 3.63) is 40.0 Å². The van der Waals surface area contributed by atoms with Crippen molar-refractivity contribution in [2.24, 2.45) is 0 Å². The zero-order valence-corrected chi connectivity index (χ0v) is 12.8. The van der Waals surface area contributed by atoms with E-state index in [9.17, 15) is 0 Å². The first kappa shape index (κ1) is 14.0. The van der Waals surface area contributed by atoms with E-state index < -0.39 is 0 Å². The van der Waals surface area contributed by atoms with Crippen molar-refractivity contribution < 1.29 is 0 Å². The first-order valence-electron chi connectivity index (χ1n) is 6.70. The van der Waals surface area contributed by atoms with Crippen LogP contribution in [0.1, 0.15) is 56.6 Å². The Morgan fingerprint density at radius 1 is 1.16 bits per heavy atom. The molecule has 0 aromatic carbocycles. The molecule has 0 spiro atoms. The molecule has 0 atom stereocenters. The summed E-state index contributed by atoms with van der Waals surface area (Å²) in [6, 6.07) is 4.19. The molecule has 0 radical (unpaired) electrons. The topological polar surface area (TPSA) is 37.8 Å². The molecule has 2 aromatic heterocycles. The van der Waals surface area contributed by atoms with Crippen LogP contribution in [0.15, 0.2) is 22.9 Å². The lowest BCUT2D eigenvalue weighted by Gasteiger charge is -2.13. The molecule has 0 amide bonds. The van der Waals surface area contributed by atoms with Crippen molar-refractivity contribution in [3.63, 3.8) is 0 Å². The highest BCUT2D eigenvalue weighted by Crippen LogP contribution is 2.20. The van der Waals surface area contributed by atoms with Crippen molar-refractivity contribution >= 4 is 17.2 Å². The summed E-state index contributed by atoms with van der Waals surface area (Å²) in [5, 5.41) is 7.64. The lowest BCUT2D eigenvalue weighted by atomic mass is 10.1. The van der Waals surface area contributed by atoms with E-state index in [1.54, 1.807) is 11.3 Å². The van der Waals surface area contributed by atoms with Crippen molar-refractivity contribution in [3.8, 4) is 0 Å². The summed E-state index contributed by atoms with van der Waals surface area (Å²) in [7, 11) is 0. The summed E-state index contributed by atoms with van der Waals surface area (Å²) in [6.07, 6.45) is 0. The van der Waals surface area contributed by atoms with Gasteiger partial charge in [-0.05, 0) is 28.3 Å². The molecule has 2 rings (SSSR count). The third kappa shape index (κ3) is 3.77. The number of rotatable bonds is 5. The summed E-state index contributed by atoms with van der Waals surface area (Å²) >= 11 is 1.72. The second-order valence-electron chi connectivity index (χ2n) is 5.33. The molecule has 4 heteroatoms. The maximum absolute atomic E-state index is 4.63. The van der Waals surface area contributed by atoms with Crippen LogP contribution in [-0.4, -0.2) is 9.97 Å². The zero-order valence-electron chi connectivity index (χ0n) is 12.0. The Morgan fingerprint density at radius 2 is 1.95 bits per heavy atom. The summed E-state index contributed by atoms with van der Waals surface area (Å²) in [5.74, 6) is 2.61. The largest absolute Gasteiger partial charge is 0.366 e. The van der Waals surface area contributed by atoms with Gasteiger partial charge >= 0.3 is 0 Å². The van der Waals surface area contributed by atoms with E-state index in [0.29, 0.717) is 11.8 Å². The average Bonchev–Trinajstić information content (AvgIpc) is 2.89. The molecule has 0 fully saturated rings. The molecule has 0 aliphatic carbocycles. The standard InChI is InChI=1S/C15H21N3S/c1-10(2)13-7-14(18-15(17-13)11(3)4)16-8-12-5-6-19-9-12/h5-7,9-11H,8H2,1-4H3,(H,16,17,18). The van der Waals surface area contributed by atoms with Gasteiger partial charge in [-0.15, -0.1) is 0 Å². The maximum Gasteiger partial charge on any atom is 0.133 e. The molecule has 19 heavy (non-hydrogen) atoms. The SMILES string of the molecule is CC(C)c1cc(NCc2ccsc2)nc(C(C)C)n1. The van der Waals surface area contributed by atoms with Crippen LogP contribution in [0, 0.1) is 0 Å². The van der Waals surface area contributed by atoms with E-state index in [1.165, 1.54) is 5.56 Å². The molecule has 0 unspecified atom stereocenters. The van der Waals surface area contributed by atoms with E-state index in [2.05, 4.69) is 65.9 Å². The third-order valence-electron chi connectivity index (χ3n) is 2.92. The molecule has 0 saturated carbocycles. The van der Waals surface area contributed by atoms with Crippen LogP contribution in [0.5, 0.6) is 0 Å². The number of nitrogens with zero attached hydrogens (tertiary/aromatic N) is 2. The molecule has 2 aromatic rings. The van der Waals surface area contributed by atoms with Gasteiger partial charge in [0, 0.05) is 24.2 Å². The van der Waals surface area contributed by atoms with Gasteiger partial charge in [0.2, 0.25) is 0 Å². The van der Waals surface area contributed by atoms with Crippen LogP contribution in [0.25, 0.3) is 0 Å². The highest BCUT2D eigenvalue weighted by molar-refractivity contribution is 7.07. The van der Waals surface area contributed by atoms with E-state index in [1.807, 2.05) is 0 Å². The van der Waals surface area contributed by atoms with Crippen LogP contribution >= 0.6 is 11.3 Å². The Labute approximate surface area is 119 Å². The van der Waals surface area contributed by atoms with Gasteiger partial charge in [0.1, 0.15) is 11.6 Å². The monoisotopic (exact) mass is 275 g/mol. The molecule has 102 valence electrons. The minimum atomic E-state index is 0.348. The predicted molar refractivity (Wildman–Crippen MR) is 81.9 cm³/mol. The number of anilines is 1. The zero-order chi connectivity index (χ0) is 13.8. The minimum Gasteiger partial charge on any atom is -0.366 e. The molecular formula is C15H21N3S. The quantitative estimate of drug-likeness (QED) is 0.879. The molecular weight excluding hydrogens is 254 g/mol. The molecule has 2 heterocycles. The van der Waals surface area contributed by atoms with E-state index in [-0.39, 0.29) is 0 Å². The van der Waals surface area contributed by atoms with Gasteiger partial charge in [-0.2, -0.15) is 11.3 Å². The highest BCUT2D eigenvalue weighted by atomic mass is 32.1. The van der Waals surface area contributed by atoms with E-state index >= 15 is 0 Å². The molecule has 0 aliphatic heterocycles. The Kier molecular flexibility index (Phi) is 4.53. The molecule has 0 bridgehead atoms. The predicted octanol–water partition coefficient (Wildman–Crippen LogP) is 4.40. The fourth-order valence-electron chi connectivity index (χ4n) is 1.72. The first-order valence-corrected chi connectivity index (χ1v) is 7.64. The summed E-state index contributed by atoms with van der Waals surface area (Å²) in [6.45, 7) is 9.39. The Balaban J connectivity index is 2.18. The van der Waals surface area contributed by atoms with Gasteiger partial charge in [-0.1, -0.05) is 27.7 Å². The van der Waals surface area contributed by atoms with E-state index in [0.717, 1.165) is 23.9 Å². The second-order valence-corrected chi connectivity index (χ2v) is 6.11. The van der Waals surface area contributed by atoms with Crippen LogP contribution in [0.2, 0.25) is 0 Å². The second kappa shape index (κ2) is 6.15. The van der Waals surface area contributed by atoms with Crippen LogP contribution < -0.4 is 5.32 Å². The van der Waals surface area contributed by atoms with E-state index in [4.69, 9.17) is 0 Å². The van der Waals surface area contributed by atoms with Crippen LogP contribution in [0.4, 0.5) is 5.82 Å². The number of nitrogens with one attached hydrogen (secondary N) is 1. The Bertz CT molecular complexity index is 492. The number of aromatic nitrogens is 2. The minimum absolute atomic E-state index is 0.348. The van der Waals surface area contributed by atoms with Crippen LogP contribution in [-0.2, 0) is 6.54 Å². The van der Waals surface area contributed by atoms with Gasteiger partial charge < -0.3 is 5.32 Å².